The number of benzene rings is 4. The van der Waals surface area contributed by atoms with Gasteiger partial charge in [-0.3, -0.25) is 34.1 Å². The number of ether oxygens (including phenoxy) is 1. The van der Waals surface area contributed by atoms with Gasteiger partial charge in [0.25, 0.3) is 23.6 Å². The first-order valence-corrected chi connectivity index (χ1v) is 42.1. The highest BCUT2D eigenvalue weighted by Gasteiger charge is 2.27. The second-order valence-corrected chi connectivity index (χ2v) is 33.8. The number of carbonyl (C=O) groups is 4. The van der Waals surface area contributed by atoms with Crippen LogP contribution in [0.2, 0.25) is 5.02 Å². The number of aromatic amines is 4. The number of nitrogens with zero attached hydrogens (tertiary/aromatic N) is 16. The van der Waals surface area contributed by atoms with E-state index < -0.39 is 22.2 Å². The molecule has 0 radical (unpaired) electrons. The summed E-state index contributed by atoms with van der Waals surface area (Å²) in [6.07, 6.45) is 30.6. The van der Waals surface area contributed by atoms with Gasteiger partial charge in [0.2, 0.25) is 29.7 Å². The molecule has 131 heavy (non-hydrogen) atoms. The summed E-state index contributed by atoms with van der Waals surface area (Å²) in [6.45, 7) is 15.3. The normalized spacial score (nSPS) is 12.0. The maximum Gasteiger partial charge on any atom is 0.270 e. The van der Waals surface area contributed by atoms with E-state index in [1.807, 2.05) is 182 Å². The highest BCUT2D eigenvalue weighted by molar-refractivity contribution is 6.35. The van der Waals surface area contributed by atoms with Crippen molar-refractivity contribution in [2.45, 2.75) is 83.6 Å². The molecular weight excluding hydrogens is 1670 g/mol. The van der Waals surface area contributed by atoms with E-state index in [1.165, 1.54) is 20.8 Å². The van der Waals surface area contributed by atoms with E-state index in [0.29, 0.717) is 110 Å². The predicted octanol–water partition coefficient (Wildman–Crippen LogP) is 18.2. The van der Waals surface area contributed by atoms with Crippen molar-refractivity contribution in [1.29, 1.82) is 0 Å². The van der Waals surface area contributed by atoms with Gasteiger partial charge < -0.3 is 65.5 Å². The molecule has 8 N–H and O–H groups in total. The number of aryl methyl sites for hydroxylation is 1. The predicted molar refractivity (Wildman–Crippen MR) is 513 cm³/mol. The van der Waals surface area contributed by atoms with Crippen LogP contribution in [-0.4, -0.2) is 192 Å². The van der Waals surface area contributed by atoms with Gasteiger partial charge in [-0.1, -0.05) is 35.4 Å². The van der Waals surface area contributed by atoms with E-state index in [4.69, 9.17) is 35.6 Å². The number of halogens is 2. The first-order chi connectivity index (χ1) is 62.7. The lowest BCUT2D eigenvalue weighted by molar-refractivity contribution is 0.0359. The highest BCUT2D eigenvalue weighted by atomic mass is 35.5. The Labute approximate surface area is 761 Å². The number of aromatic nitrogens is 16. The minimum atomic E-state index is -0.563. The molecule has 1 aliphatic heterocycles. The van der Waals surface area contributed by atoms with Crippen LogP contribution in [0.5, 0.6) is 0 Å². The summed E-state index contributed by atoms with van der Waals surface area (Å²) in [5.41, 5.74) is 16.5. The molecule has 0 unspecified atom stereocenters. The van der Waals surface area contributed by atoms with E-state index in [0.717, 1.165) is 102 Å². The van der Waals surface area contributed by atoms with Gasteiger partial charge in [-0.15, -0.1) is 19.3 Å². The number of pyridine rings is 4. The Morgan fingerprint density at radius 1 is 0.397 bits per heavy atom. The van der Waals surface area contributed by atoms with Gasteiger partial charge in [-0.2, -0.15) is 4.39 Å². The second kappa shape index (κ2) is 39.0. The Morgan fingerprint density at radius 2 is 0.740 bits per heavy atom. The zero-order valence-corrected chi connectivity index (χ0v) is 75.5. The lowest BCUT2D eigenvalue weighted by atomic mass is 9.86. The van der Waals surface area contributed by atoms with Gasteiger partial charge >= 0.3 is 0 Å². The summed E-state index contributed by atoms with van der Waals surface area (Å²) in [4.78, 5) is 122. The Kier molecular flexibility index (Phi) is 27.1. The third kappa shape index (κ3) is 21.6. The van der Waals surface area contributed by atoms with Gasteiger partial charge in [-0.05, 0) is 241 Å². The van der Waals surface area contributed by atoms with Crippen molar-refractivity contribution in [3.8, 4) is 82.6 Å². The number of H-pyrrole nitrogens is 4. The molecule has 660 valence electrons. The molecule has 0 atom stereocenters. The summed E-state index contributed by atoms with van der Waals surface area (Å²) in [5.74, 6) is 9.23. The second-order valence-electron chi connectivity index (χ2n) is 33.4. The third-order valence-electron chi connectivity index (χ3n) is 22.0. The number of hydrogen-bond donors (Lipinski definition) is 8. The third-order valence-corrected chi connectivity index (χ3v) is 22.3. The number of hydrogen-bond acceptors (Lipinski definition) is 21. The topological polar surface area (TPSA) is 356 Å². The van der Waals surface area contributed by atoms with E-state index in [1.54, 1.807) is 122 Å². The minimum Gasteiger partial charge on any atom is -0.381 e. The fourth-order valence-corrected chi connectivity index (χ4v) is 14.5. The lowest BCUT2D eigenvalue weighted by Gasteiger charge is -2.30. The van der Waals surface area contributed by atoms with Crippen molar-refractivity contribution >= 4 is 125 Å². The molecule has 0 saturated carbocycles. The Balaban J connectivity index is 0.000000141. The molecule has 0 spiro atoms. The van der Waals surface area contributed by atoms with E-state index in [2.05, 4.69) is 119 Å². The monoisotopic (exact) mass is 1770 g/mol. The van der Waals surface area contributed by atoms with E-state index in [-0.39, 0.29) is 29.7 Å². The number of carbonyl (C=O) groups excluding carboxylic acids is 4. The molecule has 0 bridgehead atoms. The van der Waals surface area contributed by atoms with Crippen molar-refractivity contribution in [3.63, 3.8) is 0 Å². The van der Waals surface area contributed by atoms with E-state index >= 15 is 0 Å². The molecule has 12 aromatic heterocycles. The van der Waals surface area contributed by atoms with Crippen LogP contribution in [0, 0.1) is 49.9 Å². The van der Waals surface area contributed by atoms with E-state index in [9.17, 15) is 23.6 Å². The van der Waals surface area contributed by atoms with Crippen LogP contribution in [0.25, 0.3) is 89.2 Å². The summed E-state index contributed by atoms with van der Waals surface area (Å²) in [6, 6.07) is 49.9. The molecule has 13 heterocycles. The molecule has 1 fully saturated rings. The van der Waals surface area contributed by atoms with Crippen LogP contribution in [-0.2, 0) is 21.0 Å². The molecule has 17 rings (SSSR count). The summed E-state index contributed by atoms with van der Waals surface area (Å²) >= 11 is 6.46. The molecule has 4 amide bonds. The SMILES string of the molecule is C#CC(C)(C)c1ccnc(-c2ccnc(Nc3cc(Cl)c4[nH]c(C(=O)N(C)C)cc4c3)n2)c1.C#CC(C)(C)c1ccnc(-c2ccnc(Nc3ccc4[nH]c(C(=O)N(C)C)cc4c3)n2)c1.C#CC(C)(C)c1ccnc(-c2ccnc(Nc3ccc4[nH]c(C(=O)N(C)C5CCOCC5)cc4c3)n2)c1.Cc1cc(Nc2nccc(-c3cccc(F)n3)n2)cc2cc(C(=O)N(C)C)[nH]c12. The lowest BCUT2D eigenvalue weighted by Crippen LogP contribution is -2.40. The molecule has 0 aliphatic carbocycles. The molecule has 31 heteroatoms. The molecule has 1 aliphatic rings. The average Bonchev–Trinajstić information content (AvgIpc) is 1.66. The van der Waals surface area contributed by atoms with Crippen molar-refractivity contribution in [2.75, 3.05) is 83.8 Å². The van der Waals surface area contributed by atoms with Crippen LogP contribution >= 0.6 is 11.6 Å². The molecular formula is C100H96ClFN24O5. The summed E-state index contributed by atoms with van der Waals surface area (Å²) in [7, 11) is 12.1. The standard InChI is InChI=1S/C29H30N6O2.C25H23ClN6O.C25H24N6O.C21H19FN6O/c1-5-29(2,3)20-8-12-30-25(18-20)24-9-13-31-28(34-24)32-21-6-7-23-19(16-21)17-26(33-23)27(36)35(4)22-10-14-37-15-11-22;1-6-25(2,3)16-7-9-27-20(13-16)19-8-10-28-24(31-19)29-17-11-15-12-21(23(33)32(4)5)30-22(15)18(26)14-17;1-6-25(2,3)17-9-11-26-21(15-17)20-10-12-27-24(30-20)28-18-7-8-19-16(13-18)14-22(29-19)23(32)31(4)5;1-12-9-14(10-13-11-17(26-19(12)13)20(29)28(2)3)24-21-23-8-7-16(27-21)15-5-4-6-18(22)25-15/h1,6-9,12-13,16-18,22,33H,10-11,14-15H2,2-4H3,(H,31,32,34);1,7-14,30H,2-5H3,(H,28,29,31);1,7-15,29H,2-5H3,(H,27,28,30);4-11,26H,1-3H3,(H,23,24,27). The molecule has 4 aromatic carbocycles. The summed E-state index contributed by atoms with van der Waals surface area (Å²) in [5, 5.41) is 16.9. The number of fused-ring (bicyclic) bond motifs is 4. The number of rotatable bonds is 20. The first-order valence-electron chi connectivity index (χ1n) is 41.8. The van der Waals surface area contributed by atoms with Gasteiger partial charge in [-0.25, -0.2) is 44.9 Å². The Hall–Kier alpha value is -16.1. The van der Waals surface area contributed by atoms with Gasteiger partial charge in [0.15, 0.2) is 0 Å². The number of terminal acetylenes is 3. The fraction of sp³-hybridized carbons (Fsp3) is 0.220. The highest BCUT2D eigenvalue weighted by Crippen LogP contribution is 2.35. The maximum absolute atomic E-state index is 13.4. The number of anilines is 8. The smallest absolute Gasteiger partial charge is 0.270 e. The molecule has 29 nitrogen and oxygen atoms in total. The van der Waals surface area contributed by atoms with Crippen molar-refractivity contribution < 1.29 is 28.3 Å². The van der Waals surface area contributed by atoms with Crippen LogP contribution in [0.15, 0.2) is 207 Å². The largest absolute Gasteiger partial charge is 0.381 e. The molecule has 16 aromatic rings. The van der Waals surface area contributed by atoms with Crippen molar-refractivity contribution in [3.05, 3.63) is 263 Å². The van der Waals surface area contributed by atoms with Crippen LogP contribution in [0.3, 0.4) is 0 Å². The van der Waals surface area contributed by atoms with Crippen LogP contribution in [0.4, 0.5) is 50.9 Å². The number of amides is 4. The zero-order chi connectivity index (χ0) is 93.2. The van der Waals surface area contributed by atoms with Gasteiger partial charge in [0.05, 0.1) is 72.3 Å². The minimum absolute atomic E-state index is 0.0172. The molecule has 1 saturated heterocycles. The Morgan fingerprint density at radius 3 is 1.15 bits per heavy atom. The average molecular weight is 1770 g/mol. The van der Waals surface area contributed by atoms with Gasteiger partial charge in [0.1, 0.15) is 22.8 Å². The summed E-state index contributed by atoms with van der Waals surface area (Å²) < 4.78 is 18.8. The van der Waals surface area contributed by atoms with Crippen molar-refractivity contribution in [1.82, 2.24) is 99.3 Å². The maximum atomic E-state index is 13.4. The van der Waals surface area contributed by atoms with Crippen molar-refractivity contribution in [2.24, 2.45) is 0 Å². The van der Waals surface area contributed by atoms with Crippen LogP contribution < -0.4 is 21.3 Å². The quantitative estimate of drug-likeness (QED) is 0.0259. The fourth-order valence-electron chi connectivity index (χ4n) is 14.2. The van der Waals surface area contributed by atoms with Gasteiger partial charge in [0, 0.05) is 173 Å². The van der Waals surface area contributed by atoms with Crippen LogP contribution in [0.1, 0.15) is 119 Å². The zero-order valence-electron chi connectivity index (χ0n) is 74.7. The Bertz CT molecular complexity index is 7120. The first kappa shape index (κ1) is 91.1. The number of nitrogens with one attached hydrogen (secondary N) is 8.